The lowest BCUT2D eigenvalue weighted by atomic mass is 10.0. The van der Waals surface area contributed by atoms with Crippen LogP contribution in [0.15, 0.2) is 30.5 Å². The lowest BCUT2D eigenvalue weighted by Crippen LogP contribution is -2.50. The van der Waals surface area contributed by atoms with Gasteiger partial charge in [-0.1, -0.05) is 11.6 Å². The van der Waals surface area contributed by atoms with Crippen molar-refractivity contribution < 1.29 is 17.9 Å². The number of carbonyl (C=O) groups is 1. The monoisotopic (exact) mass is 548 g/mol. The molecule has 0 bridgehead atoms. The van der Waals surface area contributed by atoms with Gasteiger partial charge in [0.1, 0.15) is 5.75 Å². The van der Waals surface area contributed by atoms with E-state index in [-0.39, 0.29) is 5.91 Å². The predicted molar refractivity (Wildman–Crippen MR) is 143 cm³/mol. The van der Waals surface area contributed by atoms with Crippen molar-refractivity contribution in [1.82, 2.24) is 19.9 Å². The number of hydrogen-bond donors (Lipinski definition) is 2. The molecule has 0 aliphatic carbocycles. The number of fused-ring (bicyclic) bond motifs is 2. The molecule has 36 heavy (non-hydrogen) atoms. The van der Waals surface area contributed by atoms with Gasteiger partial charge in [0.25, 0.3) is 5.91 Å². The number of carbonyl (C=O) groups excluding carboxylic acids is 1. The highest BCUT2D eigenvalue weighted by atomic mass is 35.5. The average molecular weight is 549 g/mol. The normalized spacial score (nSPS) is 18.0. The standard InChI is InChI=1S/C25H29ClN4O4S2/c1-15(2)36(32,33)29-6-3-18-14-21-24(35-18)19(4-5-28-21)20-13-17(26)11-16-12-22(34-23(16)20)25(31)30-9-7-27-8-10-30/h4-5,11,13-15,22,27,29H,3,6-10,12H2,1-2H3/t22-/m1/s1. The topological polar surface area (TPSA) is 101 Å². The number of aromatic nitrogens is 1. The number of pyridine rings is 1. The highest BCUT2D eigenvalue weighted by Gasteiger charge is 2.35. The minimum atomic E-state index is -3.31. The fourth-order valence-electron chi connectivity index (χ4n) is 4.56. The molecule has 4 heterocycles. The molecular weight excluding hydrogens is 520 g/mol. The quantitative estimate of drug-likeness (QED) is 0.470. The molecule has 2 N–H and O–H groups in total. The summed E-state index contributed by atoms with van der Waals surface area (Å²) in [5, 5.41) is 3.39. The van der Waals surface area contributed by atoms with Crippen LogP contribution >= 0.6 is 22.9 Å². The number of thiophene rings is 1. The molecule has 0 unspecified atom stereocenters. The van der Waals surface area contributed by atoms with E-state index >= 15 is 0 Å². The summed E-state index contributed by atoms with van der Waals surface area (Å²) >= 11 is 8.09. The molecule has 1 aromatic carbocycles. The first kappa shape index (κ1) is 25.4. The molecular formula is C25H29ClN4O4S2. The minimum Gasteiger partial charge on any atom is -0.479 e. The Balaban J connectivity index is 1.42. The first-order valence-corrected chi connectivity index (χ1v) is 14.8. The molecule has 1 fully saturated rings. The van der Waals surface area contributed by atoms with Gasteiger partial charge in [-0.3, -0.25) is 9.78 Å². The number of benzene rings is 1. The van der Waals surface area contributed by atoms with E-state index in [0.717, 1.165) is 44.9 Å². The third kappa shape index (κ3) is 5.10. The highest BCUT2D eigenvalue weighted by molar-refractivity contribution is 7.90. The van der Waals surface area contributed by atoms with Crippen LogP contribution in [-0.2, 0) is 27.7 Å². The number of ether oxygens (including phenoxy) is 1. The number of hydrogen-bond acceptors (Lipinski definition) is 7. The Morgan fingerprint density at radius 2 is 2.06 bits per heavy atom. The Kier molecular flexibility index (Phi) is 7.24. The van der Waals surface area contributed by atoms with Crippen molar-refractivity contribution in [3.05, 3.63) is 45.9 Å². The van der Waals surface area contributed by atoms with Crippen LogP contribution in [-0.4, -0.2) is 68.3 Å². The van der Waals surface area contributed by atoms with Gasteiger partial charge in [-0.05, 0) is 44.5 Å². The first-order valence-electron chi connectivity index (χ1n) is 12.1. The van der Waals surface area contributed by atoms with Gasteiger partial charge in [0.05, 0.1) is 15.5 Å². The second kappa shape index (κ2) is 10.3. The maximum atomic E-state index is 13.1. The van der Waals surface area contributed by atoms with Crippen molar-refractivity contribution in [2.75, 3.05) is 32.7 Å². The van der Waals surface area contributed by atoms with E-state index in [1.807, 2.05) is 29.2 Å². The zero-order chi connectivity index (χ0) is 25.4. The van der Waals surface area contributed by atoms with E-state index in [1.165, 1.54) is 0 Å². The molecule has 2 aliphatic rings. The van der Waals surface area contributed by atoms with E-state index in [4.69, 9.17) is 16.3 Å². The maximum absolute atomic E-state index is 13.1. The highest BCUT2D eigenvalue weighted by Crippen LogP contribution is 2.44. The van der Waals surface area contributed by atoms with Crippen molar-refractivity contribution in [3.63, 3.8) is 0 Å². The van der Waals surface area contributed by atoms with Gasteiger partial charge in [-0.15, -0.1) is 11.3 Å². The molecule has 0 spiro atoms. The van der Waals surface area contributed by atoms with Gasteiger partial charge in [0.2, 0.25) is 10.0 Å². The van der Waals surface area contributed by atoms with E-state index in [2.05, 4.69) is 15.0 Å². The smallest absolute Gasteiger partial charge is 0.264 e. The zero-order valence-electron chi connectivity index (χ0n) is 20.2. The van der Waals surface area contributed by atoms with Crippen molar-refractivity contribution >= 4 is 49.1 Å². The molecule has 11 heteroatoms. The average Bonchev–Trinajstić information content (AvgIpc) is 3.47. The Morgan fingerprint density at radius 3 is 2.81 bits per heavy atom. The molecule has 8 nitrogen and oxygen atoms in total. The molecule has 0 radical (unpaired) electrons. The van der Waals surface area contributed by atoms with Crippen LogP contribution in [0.2, 0.25) is 5.02 Å². The number of sulfonamides is 1. The second-order valence-electron chi connectivity index (χ2n) is 9.35. The molecule has 0 saturated carbocycles. The molecule has 2 aromatic heterocycles. The van der Waals surface area contributed by atoms with Crippen LogP contribution in [0.4, 0.5) is 0 Å². The minimum absolute atomic E-state index is 0.0110. The van der Waals surface area contributed by atoms with Crippen molar-refractivity contribution in [2.24, 2.45) is 0 Å². The lowest BCUT2D eigenvalue weighted by molar-refractivity contribution is -0.138. The van der Waals surface area contributed by atoms with Gasteiger partial charge in [0, 0.05) is 71.9 Å². The molecule has 192 valence electrons. The van der Waals surface area contributed by atoms with E-state index in [1.54, 1.807) is 31.4 Å². The number of rotatable bonds is 7. The second-order valence-corrected chi connectivity index (χ2v) is 13.2. The van der Waals surface area contributed by atoms with Crippen LogP contribution in [0.25, 0.3) is 21.3 Å². The van der Waals surface area contributed by atoms with Gasteiger partial charge >= 0.3 is 0 Å². The molecule has 3 aromatic rings. The number of piperazine rings is 1. The van der Waals surface area contributed by atoms with Crippen molar-refractivity contribution in [1.29, 1.82) is 0 Å². The van der Waals surface area contributed by atoms with E-state index in [9.17, 15) is 13.2 Å². The summed E-state index contributed by atoms with van der Waals surface area (Å²) in [6, 6.07) is 7.69. The third-order valence-corrected chi connectivity index (χ3v) is 9.83. The predicted octanol–water partition coefficient (Wildman–Crippen LogP) is 3.22. The van der Waals surface area contributed by atoms with Gasteiger partial charge in [0.15, 0.2) is 6.10 Å². The summed E-state index contributed by atoms with van der Waals surface area (Å²) < 4.78 is 34.1. The van der Waals surface area contributed by atoms with Crippen LogP contribution in [0, 0.1) is 0 Å². The van der Waals surface area contributed by atoms with E-state index in [0.29, 0.717) is 43.2 Å². The van der Waals surface area contributed by atoms with Gasteiger partial charge in [-0.2, -0.15) is 0 Å². The number of halogens is 1. The Bertz CT molecular complexity index is 1400. The van der Waals surface area contributed by atoms with Crippen LogP contribution in [0.3, 0.4) is 0 Å². The largest absolute Gasteiger partial charge is 0.479 e. The summed E-state index contributed by atoms with van der Waals surface area (Å²) in [5.74, 6) is 0.705. The molecule has 5 rings (SSSR count). The molecule has 1 amide bonds. The van der Waals surface area contributed by atoms with Crippen LogP contribution < -0.4 is 14.8 Å². The Hall–Kier alpha value is -2.24. The summed E-state index contributed by atoms with van der Waals surface area (Å²) in [6.07, 6.45) is 2.26. The molecule has 1 saturated heterocycles. The van der Waals surface area contributed by atoms with E-state index < -0.39 is 21.4 Å². The number of amides is 1. The summed E-state index contributed by atoms with van der Waals surface area (Å²) in [4.78, 5) is 20.5. The molecule has 1 atom stereocenters. The maximum Gasteiger partial charge on any atom is 0.264 e. The fraction of sp³-hybridized carbons (Fsp3) is 0.440. The number of nitrogens with zero attached hydrogens (tertiary/aromatic N) is 2. The SMILES string of the molecule is CC(C)S(=O)(=O)NCCc1cc2nccc(-c3cc(Cl)cc4c3O[C@@H](C(=O)N3CCNCC3)C4)c2s1. The van der Waals surface area contributed by atoms with Gasteiger partial charge in [-0.25, -0.2) is 13.1 Å². The Morgan fingerprint density at radius 1 is 1.28 bits per heavy atom. The summed E-state index contributed by atoms with van der Waals surface area (Å²) in [6.45, 7) is 6.58. The van der Waals surface area contributed by atoms with Gasteiger partial charge < -0.3 is 15.0 Å². The first-order chi connectivity index (χ1) is 17.2. The lowest BCUT2D eigenvalue weighted by Gasteiger charge is -2.29. The van der Waals surface area contributed by atoms with Crippen molar-refractivity contribution in [2.45, 2.75) is 38.0 Å². The third-order valence-electron chi connectivity index (χ3n) is 6.55. The zero-order valence-corrected chi connectivity index (χ0v) is 22.6. The summed E-state index contributed by atoms with van der Waals surface area (Å²) in [7, 11) is -3.31. The van der Waals surface area contributed by atoms with Crippen LogP contribution in [0.5, 0.6) is 5.75 Å². The fourth-order valence-corrected chi connectivity index (χ4v) is 6.66. The van der Waals surface area contributed by atoms with Crippen LogP contribution in [0.1, 0.15) is 24.3 Å². The molecule has 2 aliphatic heterocycles. The van der Waals surface area contributed by atoms with Crippen molar-refractivity contribution in [3.8, 4) is 16.9 Å². The Labute approximate surface area is 220 Å². The number of nitrogens with one attached hydrogen (secondary N) is 2. The summed E-state index contributed by atoms with van der Waals surface area (Å²) in [5.41, 5.74) is 3.54.